The van der Waals surface area contributed by atoms with Crippen molar-refractivity contribution in [3.8, 4) is 11.5 Å². The Morgan fingerprint density at radius 2 is 1.87 bits per heavy atom. The maximum Gasteiger partial charge on any atom is 0.269 e. The molecule has 0 saturated heterocycles. The number of amides is 1. The van der Waals surface area contributed by atoms with Crippen molar-refractivity contribution in [1.82, 2.24) is 19.9 Å². The van der Waals surface area contributed by atoms with Crippen molar-refractivity contribution in [2.24, 2.45) is 7.05 Å². The highest BCUT2D eigenvalue weighted by molar-refractivity contribution is 5.92. The van der Waals surface area contributed by atoms with Gasteiger partial charge in [0.25, 0.3) is 5.91 Å². The van der Waals surface area contributed by atoms with Crippen LogP contribution in [0.3, 0.4) is 0 Å². The molecule has 0 radical (unpaired) electrons. The number of aromatic nitrogens is 3. The van der Waals surface area contributed by atoms with E-state index in [1.807, 2.05) is 41.9 Å². The van der Waals surface area contributed by atoms with Gasteiger partial charge in [-0.3, -0.25) is 9.78 Å². The van der Waals surface area contributed by atoms with Crippen molar-refractivity contribution in [3.63, 3.8) is 0 Å². The van der Waals surface area contributed by atoms with Crippen molar-refractivity contribution in [2.75, 3.05) is 12.4 Å². The smallest absolute Gasteiger partial charge is 0.269 e. The third kappa shape index (κ3) is 3.69. The second-order valence-corrected chi connectivity index (χ2v) is 7.08. The molecule has 0 fully saturated rings. The lowest BCUT2D eigenvalue weighted by Crippen LogP contribution is -2.18. The zero-order chi connectivity index (χ0) is 21.3. The SMILES string of the molecule is CNC(=O)c1cc(Oc2ccc3c(c2)nc(Nc2cccc(C)c2C)n3C)ccn1. The van der Waals surface area contributed by atoms with Gasteiger partial charge in [-0.2, -0.15) is 0 Å². The highest BCUT2D eigenvalue weighted by atomic mass is 16.5. The van der Waals surface area contributed by atoms with Crippen LogP contribution in [0.25, 0.3) is 11.0 Å². The minimum atomic E-state index is -0.261. The molecule has 2 N–H and O–H groups in total. The molecule has 0 saturated carbocycles. The first-order valence-electron chi connectivity index (χ1n) is 9.62. The predicted molar refractivity (Wildman–Crippen MR) is 118 cm³/mol. The number of hydrogen-bond acceptors (Lipinski definition) is 5. The van der Waals surface area contributed by atoms with Crippen molar-refractivity contribution in [1.29, 1.82) is 0 Å². The Hall–Kier alpha value is -3.87. The molecule has 30 heavy (non-hydrogen) atoms. The first-order valence-corrected chi connectivity index (χ1v) is 9.62. The van der Waals surface area contributed by atoms with E-state index in [1.54, 1.807) is 25.4 Å². The normalized spacial score (nSPS) is 10.8. The zero-order valence-electron chi connectivity index (χ0n) is 17.4. The summed E-state index contributed by atoms with van der Waals surface area (Å²) in [6, 6.07) is 15.2. The summed E-state index contributed by atoms with van der Waals surface area (Å²) >= 11 is 0. The molecular formula is C23H23N5O2. The number of nitrogens with zero attached hydrogens (tertiary/aromatic N) is 3. The number of imidazole rings is 1. The van der Waals surface area contributed by atoms with Gasteiger partial charge in [0.15, 0.2) is 0 Å². The van der Waals surface area contributed by atoms with E-state index in [0.29, 0.717) is 17.2 Å². The lowest BCUT2D eigenvalue weighted by molar-refractivity contribution is 0.0958. The number of ether oxygens (including phenoxy) is 1. The topological polar surface area (TPSA) is 81.1 Å². The van der Waals surface area contributed by atoms with Crippen molar-refractivity contribution in [2.45, 2.75) is 13.8 Å². The van der Waals surface area contributed by atoms with Crippen LogP contribution in [0, 0.1) is 13.8 Å². The number of nitrogens with one attached hydrogen (secondary N) is 2. The van der Waals surface area contributed by atoms with Crippen LogP contribution in [0.1, 0.15) is 21.6 Å². The van der Waals surface area contributed by atoms with Crippen LogP contribution in [0.4, 0.5) is 11.6 Å². The maximum atomic E-state index is 11.8. The predicted octanol–water partition coefficient (Wildman–Crippen LogP) is 4.48. The fourth-order valence-corrected chi connectivity index (χ4v) is 3.22. The molecule has 152 valence electrons. The standard InChI is InChI=1S/C23H23N5O2/c1-14-6-5-7-18(15(14)2)26-23-27-19-12-16(8-9-21(19)28(23)4)30-17-10-11-25-20(13-17)22(29)24-3/h5-13H,1-4H3,(H,24,29)(H,26,27). The van der Waals surface area contributed by atoms with Gasteiger partial charge < -0.3 is 19.9 Å². The molecule has 1 amide bonds. The van der Waals surface area contributed by atoms with Gasteiger partial charge in [0.1, 0.15) is 17.2 Å². The molecular weight excluding hydrogens is 378 g/mol. The van der Waals surface area contributed by atoms with Gasteiger partial charge in [-0.1, -0.05) is 12.1 Å². The van der Waals surface area contributed by atoms with Crippen LogP contribution in [-0.2, 0) is 7.05 Å². The minimum Gasteiger partial charge on any atom is -0.457 e. The molecule has 4 aromatic rings. The molecule has 0 aliphatic heterocycles. The third-order valence-electron chi connectivity index (χ3n) is 5.13. The maximum absolute atomic E-state index is 11.8. The summed E-state index contributed by atoms with van der Waals surface area (Å²) in [6.45, 7) is 4.18. The average Bonchev–Trinajstić information content (AvgIpc) is 3.05. The van der Waals surface area contributed by atoms with Gasteiger partial charge in [0.2, 0.25) is 5.95 Å². The van der Waals surface area contributed by atoms with E-state index < -0.39 is 0 Å². The zero-order valence-corrected chi connectivity index (χ0v) is 17.4. The number of pyridine rings is 1. The number of rotatable bonds is 5. The van der Waals surface area contributed by atoms with E-state index in [9.17, 15) is 4.79 Å². The van der Waals surface area contributed by atoms with Crippen molar-refractivity contribution in [3.05, 3.63) is 71.5 Å². The Balaban J connectivity index is 1.62. The Bertz CT molecular complexity index is 1250. The van der Waals surface area contributed by atoms with Gasteiger partial charge in [0, 0.05) is 38.1 Å². The second kappa shape index (κ2) is 7.87. The van der Waals surface area contributed by atoms with E-state index in [2.05, 4.69) is 35.5 Å². The third-order valence-corrected chi connectivity index (χ3v) is 5.13. The summed E-state index contributed by atoms with van der Waals surface area (Å²) < 4.78 is 7.95. The number of anilines is 2. The summed E-state index contributed by atoms with van der Waals surface area (Å²) in [5.41, 5.74) is 5.54. The van der Waals surface area contributed by atoms with Crippen molar-refractivity contribution < 1.29 is 9.53 Å². The fraction of sp³-hybridized carbons (Fsp3) is 0.174. The molecule has 0 unspecified atom stereocenters. The summed E-state index contributed by atoms with van der Waals surface area (Å²) in [4.78, 5) is 20.6. The summed E-state index contributed by atoms with van der Waals surface area (Å²) in [6.07, 6.45) is 1.55. The number of hydrogen-bond donors (Lipinski definition) is 2. The Morgan fingerprint density at radius 3 is 2.67 bits per heavy atom. The van der Waals surface area contributed by atoms with Crippen LogP contribution in [0.2, 0.25) is 0 Å². The van der Waals surface area contributed by atoms with Crippen LogP contribution in [0.15, 0.2) is 54.7 Å². The largest absolute Gasteiger partial charge is 0.457 e. The number of fused-ring (bicyclic) bond motifs is 1. The van der Waals surface area contributed by atoms with Crippen LogP contribution in [-0.4, -0.2) is 27.5 Å². The number of carbonyl (C=O) groups is 1. The molecule has 7 nitrogen and oxygen atoms in total. The first kappa shape index (κ1) is 19.4. The van der Waals surface area contributed by atoms with E-state index in [1.165, 1.54) is 11.1 Å². The van der Waals surface area contributed by atoms with Gasteiger partial charge in [-0.15, -0.1) is 0 Å². The Kier molecular flexibility index (Phi) is 5.10. The monoisotopic (exact) mass is 401 g/mol. The molecule has 2 heterocycles. The molecule has 0 atom stereocenters. The van der Waals surface area contributed by atoms with Gasteiger partial charge in [0.05, 0.1) is 11.0 Å². The van der Waals surface area contributed by atoms with Crippen LogP contribution >= 0.6 is 0 Å². The number of carbonyl (C=O) groups excluding carboxylic acids is 1. The highest BCUT2D eigenvalue weighted by Crippen LogP contribution is 2.29. The lowest BCUT2D eigenvalue weighted by atomic mass is 10.1. The summed E-state index contributed by atoms with van der Waals surface area (Å²) in [5.74, 6) is 1.66. The van der Waals surface area contributed by atoms with Crippen LogP contribution < -0.4 is 15.4 Å². The molecule has 0 spiro atoms. The van der Waals surface area contributed by atoms with Gasteiger partial charge in [-0.25, -0.2) is 4.98 Å². The first-order chi connectivity index (χ1) is 14.5. The van der Waals surface area contributed by atoms with Gasteiger partial charge >= 0.3 is 0 Å². The molecule has 2 aromatic heterocycles. The Labute approximate surface area is 174 Å². The van der Waals surface area contributed by atoms with Crippen molar-refractivity contribution >= 4 is 28.6 Å². The Morgan fingerprint density at radius 1 is 1.07 bits per heavy atom. The van der Waals surface area contributed by atoms with E-state index in [4.69, 9.17) is 9.72 Å². The average molecular weight is 401 g/mol. The summed E-state index contributed by atoms with van der Waals surface area (Å²) in [5, 5.41) is 5.98. The minimum absolute atomic E-state index is 0.261. The summed E-state index contributed by atoms with van der Waals surface area (Å²) in [7, 11) is 3.54. The number of aryl methyl sites for hydroxylation is 2. The molecule has 4 rings (SSSR count). The fourth-order valence-electron chi connectivity index (χ4n) is 3.22. The molecule has 2 aromatic carbocycles. The van der Waals surface area contributed by atoms with Gasteiger partial charge in [-0.05, 0) is 49.2 Å². The number of benzene rings is 2. The second-order valence-electron chi connectivity index (χ2n) is 7.08. The molecule has 0 aliphatic rings. The molecule has 7 heteroatoms. The molecule has 0 aliphatic carbocycles. The van der Waals surface area contributed by atoms with E-state index in [-0.39, 0.29) is 5.91 Å². The lowest BCUT2D eigenvalue weighted by Gasteiger charge is -2.11. The highest BCUT2D eigenvalue weighted by Gasteiger charge is 2.12. The van der Waals surface area contributed by atoms with E-state index >= 15 is 0 Å². The quantitative estimate of drug-likeness (QED) is 0.515. The van der Waals surface area contributed by atoms with Crippen LogP contribution in [0.5, 0.6) is 11.5 Å². The van der Waals surface area contributed by atoms with E-state index in [0.717, 1.165) is 22.7 Å². The molecule has 0 bridgehead atoms.